The molecular weight excluding hydrogens is 398 g/mol. The number of fused-ring (bicyclic) bond motifs is 1. The van der Waals surface area contributed by atoms with Gasteiger partial charge in [-0.3, -0.25) is 9.59 Å². The second-order valence-electron chi connectivity index (χ2n) is 7.03. The number of anilines is 1. The molecule has 0 aromatic heterocycles. The molecule has 1 aliphatic rings. The molecule has 0 N–H and O–H groups in total. The third kappa shape index (κ3) is 3.48. The summed E-state index contributed by atoms with van der Waals surface area (Å²) in [6, 6.07) is 24.0. The van der Waals surface area contributed by atoms with E-state index in [0.29, 0.717) is 16.3 Å². The van der Waals surface area contributed by atoms with Gasteiger partial charge in [-0.15, -0.1) is 0 Å². The largest absolute Gasteiger partial charge is 0.311 e. The Balaban J connectivity index is 1.85. The first kappa shape index (κ1) is 19.9. The normalized spacial score (nSPS) is 15.8. The van der Waals surface area contributed by atoms with Gasteiger partial charge in [0, 0.05) is 25.2 Å². The lowest BCUT2D eigenvalue weighted by atomic mass is 10.0. The summed E-state index contributed by atoms with van der Waals surface area (Å²) in [7, 11) is 3.27. The fourth-order valence-corrected chi connectivity index (χ4v) is 3.74. The molecule has 0 spiro atoms. The van der Waals surface area contributed by atoms with Crippen molar-refractivity contribution in [1.82, 2.24) is 4.90 Å². The third-order valence-corrected chi connectivity index (χ3v) is 5.49. The Bertz CT molecular complexity index is 1140. The number of hydrogen-bond donors (Lipinski definition) is 0. The van der Waals surface area contributed by atoms with Crippen molar-refractivity contribution in [2.75, 3.05) is 19.0 Å². The Morgan fingerprint density at radius 2 is 1.60 bits per heavy atom. The first-order valence-electron chi connectivity index (χ1n) is 9.51. The third-order valence-electron chi connectivity index (χ3n) is 5.16. The van der Waals surface area contributed by atoms with Crippen LogP contribution in [0.1, 0.15) is 21.5 Å². The maximum absolute atomic E-state index is 13.3. The second kappa shape index (κ2) is 8.13. The Morgan fingerprint density at radius 3 is 2.33 bits per heavy atom. The highest BCUT2D eigenvalue weighted by Gasteiger charge is 2.35. The molecule has 0 radical (unpaired) electrons. The van der Waals surface area contributed by atoms with Crippen LogP contribution in [0.5, 0.6) is 0 Å². The molecule has 1 unspecified atom stereocenters. The summed E-state index contributed by atoms with van der Waals surface area (Å²) in [6.07, 6.45) is -1.03. The number of benzene rings is 3. The molecule has 1 atom stereocenters. The van der Waals surface area contributed by atoms with Gasteiger partial charge in [-0.1, -0.05) is 72.3 Å². The van der Waals surface area contributed by atoms with Crippen LogP contribution >= 0.6 is 11.6 Å². The lowest BCUT2D eigenvalue weighted by Crippen LogP contribution is -2.47. The molecular formula is C24H20ClN3O2. The van der Waals surface area contributed by atoms with Crippen LogP contribution in [-0.2, 0) is 4.79 Å². The Kier molecular flexibility index (Phi) is 5.38. The lowest BCUT2D eigenvalue weighted by Gasteiger charge is -2.27. The van der Waals surface area contributed by atoms with Crippen LogP contribution in [-0.4, -0.2) is 42.7 Å². The number of likely N-dealkylation sites (N-methyl/N-ethyl adjacent to an activating group) is 2. The van der Waals surface area contributed by atoms with E-state index in [2.05, 4.69) is 0 Å². The number of nitrogens with zero attached hydrogens (tertiary/aromatic N) is 3. The Labute approximate surface area is 180 Å². The van der Waals surface area contributed by atoms with Crippen LogP contribution < -0.4 is 4.90 Å². The summed E-state index contributed by atoms with van der Waals surface area (Å²) in [5.41, 5.74) is 3.44. The van der Waals surface area contributed by atoms with Gasteiger partial charge in [-0.05, 0) is 18.2 Å². The van der Waals surface area contributed by atoms with Crippen molar-refractivity contribution in [2.45, 2.75) is 6.17 Å². The topological polar surface area (TPSA) is 53.0 Å². The van der Waals surface area contributed by atoms with Crippen LogP contribution in [0, 0.1) is 0 Å². The number of aliphatic imine (C=N–C) groups is 1. The molecule has 3 aromatic carbocycles. The van der Waals surface area contributed by atoms with Crippen LogP contribution in [0.4, 0.5) is 5.69 Å². The zero-order chi connectivity index (χ0) is 21.3. The van der Waals surface area contributed by atoms with Crippen molar-refractivity contribution in [3.05, 3.63) is 101 Å². The first-order valence-corrected chi connectivity index (χ1v) is 9.88. The fraction of sp³-hybridized carbons (Fsp3) is 0.125. The van der Waals surface area contributed by atoms with Crippen molar-refractivity contribution in [1.29, 1.82) is 0 Å². The molecule has 30 heavy (non-hydrogen) atoms. The van der Waals surface area contributed by atoms with E-state index < -0.39 is 6.17 Å². The maximum Gasteiger partial charge on any atom is 0.272 e. The van der Waals surface area contributed by atoms with Crippen LogP contribution in [0.3, 0.4) is 0 Å². The molecule has 0 aliphatic carbocycles. The van der Waals surface area contributed by atoms with Gasteiger partial charge in [0.15, 0.2) is 0 Å². The number of para-hydroxylation sites is 1. The second-order valence-corrected chi connectivity index (χ2v) is 7.43. The van der Waals surface area contributed by atoms with Gasteiger partial charge >= 0.3 is 0 Å². The quantitative estimate of drug-likeness (QED) is 0.639. The van der Waals surface area contributed by atoms with Gasteiger partial charge in [0.2, 0.25) is 6.17 Å². The molecule has 0 fully saturated rings. The molecule has 6 heteroatoms. The highest BCUT2D eigenvalue weighted by molar-refractivity contribution is 6.34. The molecule has 0 bridgehead atoms. The molecule has 3 aromatic rings. The van der Waals surface area contributed by atoms with E-state index >= 15 is 0 Å². The van der Waals surface area contributed by atoms with E-state index in [1.807, 2.05) is 54.6 Å². The summed E-state index contributed by atoms with van der Waals surface area (Å²) in [5, 5.41) is 0.333. The SMILES string of the molecule is CN1C(=O)C(N(C)C(=O)c2ccccc2Cl)N=C(c2ccccc2)c2ccccc21. The van der Waals surface area contributed by atoms with E-state index in [1.165, 1.54) is 4.90 Å². The molecule has 0 saturated carbocycles. The molecule has 0 saturated heterocycles. The zero-order valence-electron chi connectivity index (χ0n) is 16.6. The van der Waals surface area contributed by atoms with Gasteiger partial charge in [0.05, 0.1) is 22.0 Å². The predicted octanol–water partition coefficient (Wildman–Crippen LogP) is 4.25. The van der Waals surface area contributed by atoms with E-state index in [9.17, 15) is 9.59 Å². The van der Waals surface area contributed by atoms with E-state index in [0.717, 1.165) is 16.8 Å². The number of amides is 2. The molecule has 1 aliphatic heterocycles. The minimum absolute atomic E-state index is 0.295. The Hall–Kier alpha value is -3.44. The van der Waals surface area contributed by atoms with Crippen LogP contribution in [0.15, 0.2) is 83.9 Å². The maximum atomic E-state index is 13.3. The average Bonchev–Trinajstić information content (AvgIpc) is 2.89. The predicted molar refractivity (Wildman–Crippen MR) is 119 cm³/mol. The monoisotopic (exact) mass is 417 g/mol. The molecule has 2 amide bonds. The molecule has 5 nitrogen and oxygen atoms in total. The van der Waals surface area contributed by atoms with Crippen molar-refractivity contribution < 1.29 is 9.59 Å². The zero-order valence-corrected chi connectivity index (χ0v) is 17.4. The summed E-state index contributed by atoms with van der Waals surface area (Å²) in [5.74, 6) is -0.661. The van der Waals surface area contributed by atoms with Gasteiger partial charge < -0.3 is 9.80 Å². The van der Waals surface area contributed by atoms with Crippen LogP contribution in [0.25, 0.3) is 0 Å². The van der Waals surface area contributed by atoms with Gasteiger partial charge in [0.1, 0.15) is 0 Å². The summed E-state index contributed by atoms with van der Waals surface area (Å²) < 4.78 is 0. The van der Waals surface area contributed by atoms with E-state index in [4.69, 9.17) is 16.6 Å². The molecule has 4 rings (SSSR count). The standard InChI is InChI=1S/C24H20ClN3O2/c1-27-20-15-9-7-13-18(20)21(16-10-4-3-5-11-16)26-22(24(27)30)28(2)23(29)17-12-6-8-14-19(17)25/h3-15,22H,1-2H3. The number of benzodiazepines with no additional fused rings is 1. The van der Waals surface area contributed by atoms with Crippen molar-refractivity contribution in [3.63, 3.8) is 0 Å². The number of hydrogen-bond acceptors (Lipinski definition) is 3. The summed E-state index contributed by atoms with van der Waals surface area (Å²) >= 11 is 6.22. The lowest BCUT2D eigenvalue weighted by molar-refractivity contribution is -0.122. The van der Waals surface area contributed by atoms with E-state index in [-0.39, 0.29) is 11.8 Å². The Morgan fingerprint density at radius 1 is 0.967 bits per heavy atom. The minimum atomic E-state index is -1.03. The van der Waals surface area contributed by atoms with Gasteiger partial charge in [-0.25, -0.2) is 4.99 Å². The highest BCUT2D eigenvalue weighted by atomic mass is 35.5. The van der Waals surface area contributed by atoms with Gasteiger partial charge in [0.25, 0.3) is 11.8 Å². The van der Waals surface area contributed by atoms with E-state index in [1.54, 1.807) is 43.3 Å². The minimum Gasteiger partial charge on any atom is -0.311 e. The first-order chi connectivity index (χ1) is 14.5. The van der Waals surface area contributed by atoms with Crippen molar-refractivity contribution in [3.8, 4) is 0 Å². The highest BCUT2D eigenvalue weighted by Crippen LogP contribution is 2.29. The summed E-state index contributed by atoms with van der Waals surface area (Å²) in [4.78, 5) is 34.2. The number of halogens is 1. The smallest absolute Gasteiger partial charge is 0.272 e. The molecule has 150 valence electrons. The number of carbonyl (C=O) groups is 2. The average molecular weight is 418 g/mol. The van der Waals surface area contributed by atoms with Gasteiger partial charge in [-0.2, -0.15) is 0 Å². The fourth-order valence-electron chi connectivity index (χ4n) is 3.52. The number of rotatable bonds is 3. The summed E-state index contributed by atoms with van der Waals surface area (Å²) in [6.45, 7) is 0. The van der Waals surface area contributed by atoms with Crippen LogP contribution in [0.2, 0.25) is 5.02 Å². The number of carbonyl (C=O) groups excluding carboxylic acids is 2. The van der Waals surface area contributed by atoms with Crippen molar-refractivity contribution >= 4 is 34.8 Å². The van der Waals surface area contributed by atoms with Crippen molar-refractivity contribution in [2.24, 2.45) is 4.99 Å². The molecule has 1 heterocycles.